The van der Waals surface area contributed by atoms with E-state index >= 15 is 0 Å². The number of hydrogen-bond donors (Lipinski definition) is 2. The number of carbonyl (C=O) groups is 1. The maximum Gasteiger partial charge on any atom is 0.227 e. The molecule has 1 saturated carbocycles. The minimum atomic E-state index is -0.255. The summed E-state index contributed by atoms with van der Waals surface area (Å²) < 4.78 is 0. The van der Waals surface area contributed by atoms with Gasteiger partial charge in [0, 0.05) is 21.7 Å². The number of benzene rings is 1. The standard InChI is InChI=1S/C13H15Cl2NO2/c14-9-5-10(15)7-11(6-9)16-13(18)8-1-3-12(17)4-2-8/h5-8,12,17H,1-4H2,(H,16,18). The van der Waals surface area contributed by atoms with Gasteiger partial charge in [-0.15, -0.1) is 0 Å². The van der Waals surface area contributed by atoms with Crippen LogP contribution in [0.5, 0.6) is 0 Å². The first-order chi connectivity index (χ1) is 8.54. The van der Waals surface area contributed by atoms with Crippen LogP contribution in [0.3, 0.4) is 0 Å². The Morgan fingerprint density at radius 1 is 1.11 bits per heavy atom. The molecule has 1 aromatic carbocycles. The summed E-state index contributed by atoms with van der Waals surface area (Å²) in [5.74, 6) is -0.0635. The molecule has 1 aliphatic rings. The Labute approximate surface area is 116 Å². The number of hydrogen-bond acceptors (Lipinski definition) is 2. The second-order valence-electron chi connectivity index (χ2n) is 4.65. The van der Waals surface area contributed by atoms with Crippen LogP contribution in [0, 0.1) is 5.92 Å². The molecule has 2 rings (SSSR count). The monoisotopic (exact) mass is 287 g/mol. The molecule has 2 N–H and O–H groups in total. The molecular weight excluding hydrogens is 273 g/mol. The lowest BCUT2D eigenvalue weighted by Crippen LogP contribution is -2.28. The molecule has 1 fully saturated rings. The molecule has 0 spiro atoms. The van der Waals surface area contributed by atoms with Gasteiger partial charge >= 0.3 is 0 Å². The van der Waals surface area contributed by atoms with Crippen LogP contribution in [0.1, 0.15) is 25.7 Å². The largest absolute Gasteiger partial charge is 0.393 e. The van der Waals surface area contributed by atoms with Crippen LogP contribution in [0.2, 0.25) is 10.0 Å². The van der Waals surface area contributed by atoms with E-state index in [1.54, 1.807) is 18.2 Å². The van der Waals surface area contributed by atoms with Crippen LogP contribution in [-0.2, 0) is 4.79 Å². The highest BCUT2D eigenvalue weighted by Gasteiger charge is 2.25. The van der Waals surface area contributed by atoms with E-state index in [0.29, 0.717) is 28.6 Å². The van der Waals surface area contributed by atoms with Crippen LogP contribution in [-0.4, -0.2) is 17.1 Å². The molecule has 98 valence electrons. The minimum absolute atomic E-state index is 0.0276. The molecule has 3 nitrogen and oxygen atoms in total. The van der Waals surface area contributed by atoms with E-state index in [4.69, 9.17) is 23.2 Å². The van der Waals surface area contributed by atoms with Crippen LogP contribution in [0.15, 0.2) is 18.2 Å². The maximum absolute atomic E-state index is 12.0. The smallest absolute Gasteiger partial charge is 0.227 e. The lowest BCUT2D eigenvalue weighted by atomic mass is 9.87. The normalized spacial score (nSPS) is 23.7. The second-order valence-corrected chi connectivity index (χ2v) is 5.53. The summed E-state index contributed by atoms with van der Waals surface area (Å²) in [6.45, 7) is 0. The van der Waals surface area contributed by atoms with Crippen molar-refractivity contribution in [3.8, 4) is 0 Å². The Kier molecular flexibility index (Phi) is 4.49. The van der Waals surface area contributed by atoms with E-state index in [1.807, 2.05) is 0 Å². The zero-order valence-electron chi connectivity index (χ0n) is 9.83. The van der Waals surface area contributed by atoms with E-state index < -0.39 is 0 Å². The summed E-state index contributed by atoms with van der Waals surface area (Å²) in [6, 6.07) is 4.96. The van der Waals surface area contributed by atoms with Gasteiger partial charge in [0.2, 0.25) is 5.91 Å². The highest BCUT2D eigenvalue weighted by Crippen LogP contribution is 2.27. The van der Waals surface area contributed by atoms with E-state index in [9.17, 15) is 9.90 Å². The van der Waals surface area contributed by atoms with Gasteiger partial charge in [-0.1, -0.05) is 23.2 Å². The van der Waals surface area contributed by atoms with Crippen molar-refractivity contribution in [2.24, 2.45) is 5.92 Å². The molecular formula is C13H15Cl2NO2. The van der Waals surface area contributed by atoms with Gasteiger partial charge in [0.15, 0.2) is 0 Å². The summed E-state index contributed by atoms with van der Waals surface area (Å²) in [6.07, 6.45) is 2.57. The molecule has 0 heterocycles. The Hall–Kier alpha value is -0.770. The number of amides is 1. The van der Waals surface area contributed by atoms with Gasteiger partial charge in [-0.25, -0.2) is 0 Å². The zero-order valence-corrected chi connectivity index (χ0v) is 11.3. The minimum Gasteiger partial charge on any atom is -0.393 e. The first-order valence-corrected chi connectivity index (χ1v) is 6.75. The third-order valence-corrected chi connectivity index (χ3v) is 3.63. The topological polar surface area (TPSA) is 49.3 Å². The molecule has 18 heavy (non-hydrogen) atoms. The van der Waals surface area contributed by atoms with Gasteiger partial charge in [-0.2, -0.15) is 0 Å². The van der Waals surface area contributed by atoms with Crippen molar-refractivity contribution in [1.82, 2.24) is 0 Å². The third kappa shape index (κ3) is 3.61. The van der Waals surface area contributed by atoms with Crippen molar-refractivity contribution in [3.63, 3.8) is 0 Å². The van der Waals surface area contributed by atoms with Gasteiger partial charge in [0.05, 0.1) is 6.10 Å². The summed E-state index contributed by atoms with van der Waals surface area (Å²) >= 11 is 11.7. The highest BCUT2D eigenvalue weighted by molar-refractivity contribution is 6.35. The van der Waals surface area contributed by atoms with Crippen molar-refractivity contribution in [2.75, 3.05) is 5.32 Å². The van der Waals surface area contributed by atoms with Crippen LogP contribution < -0.4 is 5.32 Å². The van der Waals surface area contributed by atoms with Crippen LogP contribution in [0.4, 0.5) is 5.69 Å². The Morgan fingerprint density at radius 3 is 2.22 bits per heavy atom. The summed E-state index contributed by atoms with van der Waals surface area (Å²) in [5, 5.41) is 13.2. The Balaban J connectivity index is 1.98. The predicted octanol–water partition coefficient (Wildman–Crippen LogP) is 3.48. The van der Waals surface area contributed by atoms with Gasteiger partial charge < -0.3 is 10.4 Å². The summed E-state index contributed by atoms with van der Waals surface area (Å²) in [5.41, 5.74) is 0.614. The number of rotatable bonds is 2. The number of halogens is 2. The van der Waals surface area contributed by atoms with Crippen molar-refractivity contribution in [2.45, 2.75) is 31.8 Å². The molecule has 0 saturated heterocycles. The zero-order chi connectivity index (χ0) is 13.1. The fraction of sp³-hybridized carbons (Fsp3) is 0.462. The first-order valence-electron chi connectivity index (χ1n) is 5.99. The molecule has 0 radical (unpaired) electrons. The fourth-order valence-corrected chi connectivity index (χ4v) is 2.73. The van der Waals surface area contributed by atoms with Crippen molar-refractivity contribution in [1.29, 1.82) is 0 Å². The second kappa shape index (κ2) is 5.91. The number of aliphatic hydroxyl groups excluding tert-OH is 1. The van der Waals surface area contributed by atoms with E-state index in [0.717, 1.165) is 12.8 Å². The molecule has 1 aliphatic carbocycles. The number of carbonyl (C=O) groups excluding carboxylic acids is 1. The van der Waals surface area contributed by atoms with Crippen LogP contribution >= 0.6 is 23.2 Å². The lowest BCUT2D eigenvalue weighted by molar-refractivity contribution is -0.121. The van der Waals surface area contributed by atoms with Gasteiger partial charge in [0.25, 0.3) is 0 Å². The fourth-order valence-electron chi connectivity index (χ4n) is 2.21. The molecule has 0 aromatic heterocycles. The maximum atomic E-state index is 12.0. The number of nitrogens with one attached hydrogen (secondary N) is 1. The first kappa shape index (κ1) is 13.7. The summed E-state index contributed by atoms with van der Waals surface area (Å²) in [4.78, 5) is 12.0. The third-order valence-electron chi connectivity index (χ3n) is 3.20. The number of aliphatic hydroxyl groups is 1. The highest BCUT2D eigenvalue weighted by atomic mass is 35.5. The van der Waals surface area contributed by atoms with Crippen molar-refractivity contribution < 1.29 is 9.90 Å². The average Bonchev–Trinajstić information content (AvgIpc) is 2.28. The number of anilines is 1. The molecule has 0 unspecified atom stereocenters. The van der Waals surface area contributed by atoms with Gasteiger partial charge in [0.1, 0.15) is 0 Å². The van der Waals surface area contributed by atoms with E-state index in [-0.39, 0.29) is 17.9 Å². The van der Waals surface area contributed by atoms with Gasteiger partial charge in [-0.3, -0.25) is 4.79 Å². The predicted molar refractivity (Wildman–Crippen MR) is 73.1 cm³/mol. The molecule has 1 amide bonds. The molecule has 0 aliphatic heterocycles. The Bertz CT molecular complexity index is 422. The summed E-state index contributed by atoms with van der Waals surface area (Å²) in [7, 11) is 0. The van der Waals surface area contributed by atoms with Crippen molar-refractivity contribution in [3.05, 3.63) is 28.2 Å². The van der Waals surface area contributed by atoms with Crippen LogP contribution in [0.25, 0.3) is 0 Å². The molecule has 1 aromatic rings. The molecule has 0 atom stereocenters. The van der Waals surface area contributed by atoms with Crippen molar-refractivity contribution >= 4 is 34.8 Å². The van der Waals surface area contributed by atoms with Gasteiger partial charge in [-0.05, 0) is 43.9 Å². The molecule has 0 bridgehead atoms. The molecule has 5 heteroatoms. The van der Waals surface area contributed by atoms with E-state index in [2.05, 4.69) is 5.32 Å². The average molecular weight is 288 g/mol. The lowest BCUT2D eigenvalue weighted by Gasteiger charge is -2.24. The SMILES string of the molecule is O=C(Nc1cc(Cl)cc(Cl)c1)C1CCC(O)CC1. The Morgan fingerprint density at radius 2 is 1.67 bits per heavy atom. The quantitative estimate of drug-likeness (QED) is 0.875. The van der Waals surface area contributed by atoms with E-state index in [1.165, 1.54) is 0 Å².